The second-order valence-electron chi connectivity index (χ2n) is 4.15. The lowest BCUT2D eigenvalue weighted by molar-refractivity contribution is 0.0938. The maximum absolute atomic E-state index is 12.0. The van der Waals surface area contributed by atoms with Crippen LogP contribution in [-0.4, -0.2) is 30.7 Å². The molecule has 1 aromatic rings. The smallest absolute Gasteiger partial charge is 0.267 e. The minimum atomic E-state index is -0.0412. The summed E-state index contributed by atoms with van der Waals surface area (Å²) in [5, 5.41) is 2.88. The molecule has 0 saturated carbocycles. The van der Waals surface area contributed by atoms with Crippen LogP contribution in [0.15, 0.2) is 16.7 Å². The minimum Gasteiger partial charge on any atom is -0.385 e. The van der Waals surface area contributed by atoms with Crippen molar-refractivity contribution in [2.24, 2.45) is 0 Å². The van der Waals surface area contributed by atoms with Gasteiger partial charge in [-0.3, -0.25) is 4.79 Å². The van der Waals surface area contributed by atoms with Gasteiger partial charge in [-0.05, 0) is 42.3 Å². The third-order valence-electron chi connectivity index (χ3n) is 2.41. The van der Waals surface area contributed by atoms with E-state index in [1.54, 1.807) is 7.11 Å². The molecule has 1 aromatic heterocycles. The highest BCUT2D eigenvalue weighted by Crippen LogP contribution is 2.19. The van der Waals surface area contributed by atoms with Crippen molar-refractivity contribution >= 4 is 21.8 Å². The van der Waals surface area contributed by atoms with Crippen LogP contribution in [0.5, 0.6) is 0 Å². The minimum absolute atomic E-state index is 0.0412. The lowest BCUT2D eigenvalue weighted by Crippen LogP contribution is -2.27. The molecule has 0 atom stereocenters. The van der Waals surface area contributed by atoms with Gasteiger partial charge in [0.15, 0.2) is 0 Å². The molecule has 0 aromatic carbocycles. The largest absolute Gasteiger partial charge is 0.385 e. The number of hydrogen-bond donors (Lipinski definition) is 1. The monoisotopic (exact) mass is 302 g/mol. The van der Waals surface area contributed by atoms with Gasteiger partial charge in [-0.15, -0.1) is 0 Å². The number of carbonyl (C=O) groups excluding carboxylic acids is 1. The summed E-state index contributed by atoms with van der Waals surface area (Å²) in [6.45, 7) is 5.39. The molecule has 1 N–H and O–H groups in total. The quantitative estimate of drug-likeness (QED) is 0.821. The van der Waals surface area contributed by atoms with Gasteiger partial charge in [-0.1, -0.05) is 0 Å². The Balaban J connectivity index is 2.62. The van der Waals surface area contributed by atoms with Crippen LogP contribution in [0.3, 0.4) is 0 Å². The molecule has 5 heteroatoms. The molecule has 1 heterocycles. The predicted molar refractivity (Wildman–Crippen MR) is 71.3 cm³/mol. The zero-order chi connectivity index (χ0) is 12.8. The van der Waals surface area contributed by atoms with Crippen LogP contribution in [0.2, 0.25) is 0 Å². The molecular formula is C12H19BrN2O2. The summed E-state index contributed by atoms with van der Waals surface area (Å²) in [7, 11) is 1.66. The number of amides is 1. The maximum atomic E-state index is 12.0. The Morgan fingerprint density at radius 3 is 2.88 bits per heavy atom. The van der Waals surface area contributed by atoms with Crippen LogP contribution >= 0.6 is 15.9 Å². The summed E-state index contributed by atoms with van der Waals surface area (Å²) in [6, 6.07) is 2.10. The van der Waals surface area contributed by atoms with E-state index in [1.807, 2.05) is 30.7 Å². The van der Waals surface area contributed by atoms with Crippen LogP contribution in [0.25, 0.3) is 0 Å². The Morgan fingerprint density at radius 1 is 1.59 bits per heavy atom. The summed E-state index contributed by atoms with van der Waals surface area (Å²) in [5.74, 6) is -0.0412. The number of hydrogen-bond acceptors (Lipinski definition) is 2. The van der Waals surface area contributed by atoms with Crippen LogP contribution < -0.4 is 5.32 Å². The summed E-state index contributed by atoms with van der Waals surface area (Å²) in [4.78, 5) is 12.0. The number of rotatable bonds is 6. The molecule has 0 aliphatic rings. The molecule has 0 saturated heterocycles. The molecule has 0 aliphatic heterocycles. The van der Waals surface area contributed by atoms with Gasteiger partial charge in [0.05, 0.1) is 0 Å². The van der Waals surface area contributed by atoms with Crippen LogP contribution in [0.4, 0.5) is 0 Å². The van der Waals surface area contributed by atoms with Crippen molar-refractivity contribution in [2.75, 3.05) is 20.3 Å². The van der Waals surface area contributed by atoms with Gasteiger partial charge in [0, 0.05) is 37.0 Å². The Bertz CT molecular complexity index is 375. The molecule has 4 nitrogen and oxygen atoms in total. The van der Waals surface area contributed by atoms with E-state index in [0.717, 1.165) is 10.9 Å². The highest BCUT2D eigenvalue weighted by Gasteiger charge is 2.14. The number of carbonyl (C=O) groups is 1. The second-order valence-corrected chi connectivity index (χ2v) is 5.06. The van der Waals surface area contributed by atoms with E-state index < -0.39 is 0 Å². The Labute approximate surface area is 110 Å². The highest BCUT2D eigenvalue weighted by molar-refractivity contribution is 9.10. The summed E-state index contributed by atoms with van der Waals surface area (Å²) in [5.41, 5.74) is 0.685. The Morgan fingerprint density at radius 2 is 2.29 bits per heavy atom. The third kappa shape index (κ3) is 4.16. The summed E-state index contributed by atoms with van der Waals surface area (Å²) < 4.78 is 7.81. The van der Waals surface area contributed by atoms with Crippen molar-refractivity contribution in [1.82, 2.24) is 9.88 Å². The molecule has 0 aliphatic carbocycles. The van der Waals surface area contributed by atoms with E-state index in [9.17, 15) is 4.79 Å². The average molecular weight is 303 g/mol. The first-order valence-corrected chi connectivity index (χ1v) is 6.50. The fourth-order valence-corrected chi connectivity index (χ4v) is 2.00. The maximum Gasteiger partial charge on any atom is 0.267 e. The van der Waals surface area contributed by atoms with Gasteiger partial charge in [-0.25, -0.2) is 0 Å². The first-order valence-electron chi connectivity index (χ1n) is 5.70. The van der Waals surface area contributed by atoms with Gasteiger partial charge >= 0.3 is 0 Å². The first-order chi connectivity index (χ1) is 8.06. The Hall–Kier alpha value is -0.810. The average Bonchev–Trinajstić information content (AvgIpc) is 2.66. The Kier molecular flexibility index (Phi) is 5.71. The zero-order valence-corrected chi connectivity index (χ0v) is 12.1. The molecule has 1 amide bonds. The topological polar surface area (TPSA) is 43.3 Å². The highest BCUT2D eigenvalue weighted by atomic mass is 79.9. The molecule has 0 unspecified atom stereocenters. The molecular weight excluding hydrogens is 284 g/mol. The molecule has 1 rings (SSSR count). The van der Waals surface area contributed by atoms with E-state index >= 15 is 0 Å². The fraction of sp³-hybridized carbons (Fsp3) is 0.583. The zero-order valence-electron chi connectivity index (χ0n) is 10.5. The van der Waals surface area contributed by atoms with E-state index in [2.05, 4.69) is 21.2 Å². The standard InChI is InChI=1S/C12H19BrN2O2/c1-9(2)15-8-10(13)7-11(15)12(16)14-5-4-6-17-3/h7-9H,4-6H2,1-3H3,(H,14,16). The number of nitrogens with one attached hydrogen (secondary N) is 1. The van der Waals surface area contributed by atoms with Gasteiger partial charge in [-0.2, -0.15) is 0 Å². The van der Waals surface area contributed by atoms with Crippen molar-refractivity contribution in [3.63, 3.8) is 0 Å². The van der Waals surface area contributed by atoms with E-state index in [0.29, 0.717) is 18.8 Å². The van der Waals surface area contributed by atoms with Gasteiger partial charge in [0.2, 0.25) is 0 Å². The van der Waals surface area contributed by atoms with Crippen LogP contribution in [-0.2, 0) is 4.74 Å². The number of methoxy groups -OCH3 is 1. The van der Waals surface area contributed by atoms with Gasteiger partial charge < -0.3 is 14.6 Å². The molecule has 0 spiro atoms. The fourth-order valence-electron chi connectivity index (χ4n) is 1.56. The second kappa shape index (κ2) is 6.81. The summed E-state index contributed by atoms with van der Waals surface area (Å²) >= 11 is 3.39. The third-order valence-corrected chi connectivity index (χ3v) is 2.85. The summed E-state index contributed by atoms with van der Waals surface area (Å²) in [6.07, 6.45) is 2.75. The van der Waals surface area contributed by atoms with E-state index in [4.69, 9.17) is 4.74 Å². The lowest BCUT2D eigenvalue weighted by atomic mass is 10.3. The van der Waals surface area contributed by atoms with Crippen molar-refractivity contribution in [1.29, 1.82) is 0 Å². The SMILES string of the molecule is COCCCNC(=O)c1cc(Br)cn1C(C)C. The number of halogens is 1. The number of ether oxygens (including phenoxy) is 1. The lowest BCUT2D eigenvalue weighted by Gasteiger charge is -2.12. The molecule has 0 radical (unpaired) electrons. The van der Waals surface area contributed by atoms with Gasteiger partial charge in [0.1, 0.15) is 5.69 Å². The molecule has 0 fully saturated rings. The van der Waals surface area contributed by atoms with Crippen LogP contribution in [0, 0.1) is 0 Å². The number of aromatic nitrogens is 1. The molecule has 0 bridgehead atoms. The predicted octanol–water partition coefficient (Wildman–Crippen LogP) is 2.60. The molecule has 96 valence electrons. The van der Waals surface area contributed by atoms with Crippen LogP contribution in [0.1, 0.15) is 36.8 Å². The number of nitrogens with zero attached hydrogens (tertiary/aromatic N) is 1. The first kappa shape index (κ1) is 14.3. The van der Waals surface area contributed by atoms with Crippen molar-refractivity contribution in [2.45, 2.75) is 26.3 Å². The van der Waals surface area contributed by atoms with E-state index in [1.165, 1.54) is 0 Å². The van der Waals surface area contributed by atoms with Crippen molar-refractivity contribution in [3.8, 4) is 0 Å². The van der Waals surface area contributed by atoms with Crippen molar-refractivity contribution in [3.05, 3.63) is 22.4 Å². The van der Waals surface area contributed by atoms with Gasteiger partial charge in [0.25, 0.3) is 5.91 Å². The molecule has 17 heavy (non-hydrogen) atoms. The normalized spacial score (nSPS) is 10.9. The van der Waals surface area contributed by atoms with E-state index in [-0.39, 0.29) is 11.9 Å². The van der Waals surface area contributed by atoms with Crippen molar-refractivity contribution < 1.29 is 9.53 Å².